The molecule has 5 nitrogen and oxygen atoms in total. The Morgan fingerprint density at radius 3 is 2.52 bits per heavy atom. The zero-order chi connectivity index (χ0) is 15.1. The summed E-state index contributed by atoms with van der Waals surface area (Å²) < 4.78 is 0. The Balaban J connectivity index is 2.05. The number of aliphatic hydroxyl groups is 1. The van der Waals surface area contributed by atoms with Gasteiger partial charge in [0.05, 0.1) is 6.10 Å². The third kappa shape index (κ3) is 4.30. The van der Waals surface area contributed by atoms with E-state index in [0.29, 0.717) is 5.92 Å². The molecule has 0 aliphatic heterocycles. The van der Waals surface area contributed by atoms with Gasteiger partial charge in [-0.1, -0.05) is 26.7 Å². The highest BCUT2D eigenvalue weighted by atomic mass is 16.3. The summed E-state index contributed by atoms with van der Waals surface area (Å²) in [6.07, 6.45) is 7.72. The van der Waals surface area contributed by atoms with Crippen LogP contribution in [0.4, 0.5) is 11.6 Å². The zero-order valence-electron chi connectivity index (χ0n) is 13.2. The van der Waals surface area contributed by atoms with Crippen LogP contribution in [0.1, 0.15) is 51.5 Å². The topological polar surface area (TPSA) is 70.1 Å². The maximum atomic E-state index is 9.93. The van der Waals surface area contributed by atoms with Gasteiger partial charge in [0, 0.05) is 24.6 Å². The van der Waals surface area contributed by atoms with Crippen molar-refractivity contribution in [1.29, 1.82) is 0 Å². The van der Waals surface area contributed by atoms with Gasteiger partial charge in [-0.15, -0.1) is 0 Å². The molecule has 5 heteroatoms. The molecule has 3 N–H and O–H groups in total. The van der Waals surface area contributed by atoms with E-state index in [-0.39, 0.29) is 6.10 Å². The summed E-state index contributed by atoms with van der Waals surface area (Å²) in [6, 6.07) is 0. The molecule has 21 heavy (non-hydrogen) atoms. The van der Waals surface area contributed by atoms with Crippen molar-refractivity contribution in [3.05, 3.63) is 11.9 Å². The summed E-state index contributed by atoms with van der Waals surface area (Å²) in [7, 11) is 0. The zero-order valence-corrected chi connectivity index (χ0v) is 13.2. The Kier molecular flexibility index (Phi) is 6.23. The fraction of sp³-hybridized carbons (Fsp3) is 0.750. The molecule has 2 atom stereocenters. The van der Waals surface area contributed by atoms with Crippen LogP contribution >= 0.6 is 0 Å². The number of anilines is 2. The van der Waals surface area contributed by atoms with Crippen LogP contribution in [0.2, 0.25) is 0 Å². The van der Waals surface area contributed by atoms with Crippen molar-refractivity contribution in [3.8, 4) is 0 Å². The Bertz CT molecular complexity index is 438. The van der Waals surface area contributed by atoms with Gasteiger partial charge in [0.15, 0.2) is 0 Å². The molecule has 0 aromatic carbocycles. The number of hydrogen-bond acceptors (Lipinski definition) is 5. The van der Waals surface area contributed by atoms with Crippen molar-refractivity contribution in [1.82, 2.24) is 9.97 Å². The van der Waals surface area contributed by atoms with E-state index in [1.165, 1.54) is 5.56 Å². The molecule has 0 saturated heterocycles. The number of nitrogens with zero attached hydrogens (tertiary/aromatic N) is 2. The molecule has 1 heterocycles. The van der Waals surface area contributed by atoms with Gasteiger partial charge in [0.2, 0.25) is 0 Å². The van der Waals surface area contributed by atoms with Crippen LogP contribution in [0.15, 0.2) is 6.33 Å². The maximum absolute atomic E-state index is 9.93. The molecule has 1 aromatic heterocycles. The first-order valence-electron chi connectivity index (χ1n) is 8.25. The monoisotopic (exact) mass is 292 g/mol. The van der Waals surface area contributed by atoms with Crippen molar-refractivity contribution in [3.63, 3.8) is 0 Å². The molecule has 1 aliphatic carbocycles. The van der Waals surface area contributed by atoms with Crippen LogP contribution in [0, 0.1) is 5.92 Å². The van der Waals surface area contributed by atoms with Gasteiger partial charge in [0.1, 0.15) is 18.0 Å². The molecule has 1 aromatic rings. The Morgan fingerprint density at radius 1 is 1.14 bits per heavy atom. The van der Waals surface area contributed by atoms with Crippen molar-refractivity contribution in [2.45, 2.75) is 58.5 Å². The van der Waals surface area contributed by atoms with Crippen LogP contribution in [0.25, 0.3) is 0 Å². The molecule has 0 spiro atoms. The Labute approximate surface area is 127 Å². The van der Waals surface area contributed by atoms with E-state index in [9.17, 15) is 5.11 Å². The molecule has 1 aliphatic rings. The van der Waals surface area contributed by atoms with Crippen molar-refractivity contribution < 1.29 is 5.11 Å². The lowest BCUT2D eigenvalue weighted by Gasteiger charge is -2.18. The van der Waals surface area contributed by atoms with Crippen molar-refractivity contribution in [2.75, 3.05) is 23.7 Å². The van der Waals surface area contributed by atoms with Gasteiger partial charge in [-0.2, -0.15) is 0 Å². The molecule has 1 saturated carbocycles. The van der Waals surface area contributed by atoms with Crippen molar-refractivity contribution in [2.24, 2.45) is 5.92 Å². The van der Waals surface area contributed by atoms with E-state index in [2.05, 4.69) is 34.4 Å². The van der Waals surface area contributed by atoms with Gasteiger partial charge in [-0.05, 0) is 25.7 Å². The molecular formula is C16H28N4O. The second kappa shape index (κ2) is 8.17. The van der Waals surface area contributed by atoms with Crippen LogP contribution in [-0.4, -0.2) is 34.3 Å². The highest BCUT2D eigenvalue weighted by molar-refractivity contribution is 5.57. The summed E-state index contributed by atoms with van der Waals surface area (Å²) in [4.78, 5) is 8.79. The van der Waals surface area contributed by atoms with Gasteiger partial charge >= 0.3 is 0 Å². The second-order valence-corrected chi connectivity index (χ2v) is 5.87. The predicted octanol–water partition coefficient (Wildman–Crippen LogP) is 2.82. The highest BCUT2D eigenvalue weighted by Gasteiger charge is 2.25. The largest absolute Gasteiger partial charge is 0.393 e. The first-order chi connectivity index (χ1) is 10.3. The average molecular weight is 292 g/mol. The van der Waals surface area contributed by atoms with Crippen LogP contribution in [0.3, 0.4) is 0 Å². The minimum absolute atomic E-state index is 0.161. The Hall–Kier alpha value is -1.36. The van der Waals surface area contributed by atoms with E-state index in [1.807, 2.05) is 0 Å². The molecule has 118 valence electrons. The van der Waals surface area contributed by atoms with Gasteiger partial charge < -0.3 is 15.7 Å². The summed E-state index contributed by atoms with van der Waals surface area (Å²) in [5.41, 5.74) is 1.17. The smallest absolute Gasteiger partial charge is 0.134 e. The summed E-state index contributed by atoms with van der Waals surface area (Å²) >= 11 is 0. The summed E-state index contributed by atoms with van der Waals surface area (Å²) in [6.45, 7) is 6.03. The molecular weight excluding hydrogens is 264 g/mol. The first-order valence-corrected chi connectivity index (χ1v) is 8.25. The SMILES string of the molecule is CCCNc1ncnc(NCC2CCCC2O)c1CCC. The van der Waals surface area contributed by atoms with E-state index in [0.717, 1.165) is 63.3 Å². The minimum atomic E-state index is -0.161. The third-order valence-corrected chi connectivity index (χ3v) is 4.14. The quantitative estimate of drug-likeness (QED) is 0.687. The number of rotatable bonds is 8. The highest BCUT2D eigenvalue weighted by Crippen LogP contribution is 2.27. The van der Waals surface area contributed by atoms with Gasteiger partial charge in [-0.3, -0.25) is 0 Å². The van der Waals surface area contributed by atoms with E-state index in [4.69, 9.17) is 0 Å². The number of hydrogen-bond donors (Lipinski definition) is 3. The van der Waals surface area contributed by atoms with Gasteiger partial charge in [0.25, 0.3) is 0 Å². The third-order valence-electron chi connectivity index (χ3n) is 4.14. The summed E-state index contributed by atoms with van der Waals surface area (Å²) in [5.74, 6) is 2.22. The van der Waals surface area contributed by atoms with E-state index in [1.54, 1.807) is 6.33 Å². The van der Waals surface area contributed by atoms with Gasteiger partial charge in [-0.25, -0.2) is 9.97 Å². The van der Waals surface area contributed by atoms with Crippen LogP contribution < -0.4 is 10.6 Å². The lowest BCUT2D eigenvalue weighted by atomic mass is 10.1. The molecule has 2 rings (SSSR count). The molecule has 1 fully saturated rings. The molecule has 0 radical (unpaired) electrons. The second-order valence-electron chi connectivity index (χ2n) is 5.87. The fourth-order valence-electron chi connectivity index (χ4n) is 2.93. The summed E-state index contributed by atoms with van der Waals surface area (Å²) in [5, 5.41) is 16.7. The first kappa shape index (κ1) is 16.0. The minimum Gasteiger partial charge on any atom is -0.393 e. The van der Waals surface area contributed by atoms with Crippen LogP contribution in [0.5, 0.6) is 0 Å². The number of nitrogens with one attached hydrogen (secondary N) is 2. The molecule has 2 unspecified atom stereocenters. The average Bonchev–Trinajstić information content (AvgIpc) is 2.90. The normalized spacial score (nSPS) is 21.5. The molecule has 0 bridgehead atoms. The molecule has 0 amide bonds. The van der Waals surface area contributed by atoms with E-state index >= 15 is 0 Å². The fourth-order valence-corrected chi connectivity index (χ4v) is 2.93. The standard InChI is InChI=1S/C16H28N4O/c1-3-6-13-15(17-9-4-2)19-11-20-16(13)18-10-12-7-5-8-14(12)21/h11-12,14,21H,3-10H2,1-2H3,(H2,17,18,19,20). The van der Waals surface area contributed by atoms with E-state index < -0.39 is 0 Å². The number of aromatic nitrogens is 2. The lowest BCUT2D eigenvalue weighted by molar-refractivity contribution is 0.138. The van der Waals surface area contributed by atoms with Crippen LogP contribution in [-0.2, 0) is 6.42 Å². The lowest BCUT2D eigenvalue weighted by Crippen LogP contribution is -2.23. The maximum Gasteiger partial charge on any atom is 0.134 e. The van der Waals surface area contributed by atoms with Crippen molar-refractivity contribution >= 4 is 11.6 Å². The predicted molar refractivity (Wildman–Crippen MR) is 86.6 cm³/mol. The number of aliphatic hydroxyl groups excluding tert-OH is 1. The Morgan fingerprint density at radius 2 is 1.90 bits per heavy atom.